The number of primary sulfonamides is 1. The van der Waals surface area contributed by atoms with E-state index in [1.165, 1.54) is 6.07 Å². The Morgan fingerprint density at radius 1 is 0.862 bits per heavy atom. The fourth-order valence-corrected chi connectivity index (χ4v) is 4.47. The number of nitrogens with two attached hydrogens (primary N) is 1. The summed E-state index contributed by atoms with van der Waals surface area (Å²) >= 11 is 1.60. The highest BCUT2D eigenvalue weighted by atomic mass is 32.2. The van der Waals surface area contributed by atoms with Gasteiger partial charge in [0.25, 0.3) is 0 Å². The molecule has 0 saturated carbocycles. The molecule has 0 unspecified atom stereocenters. The van der Waals surface area contributed by atoms with Crippen LogP contribution in [0.2, 0.25) is 0 Å². The number of oxazole rings is 1. The Balaban J connectivity index is 1.80. The van der Waals surface area contributed by atoms with E-state index in [4.69, 9.17) is 9.56 Å². The number of thioether (sulfide) groups is 1. The predicted molar refractivity (Wildman–Crippen MR) is 115 cm³/mol. The van der Waals surface area contributed by atoms with Gasteiger partial charge < -0.3 is 4.42 Å². The van der Waals surface area contributed by atoms with Gasteiger partial charge in [-0.25, -0.2) is 18.5 Å². The first kappa shape index (κ1) is 19.4. The number of rotatable bonds is 6. The lowest BCUT2D eigenvalue weighted by atomic mass is 10.1. The minimum Gasteiger partial charge on any atom is -0.439 e. The first-order valence-electron chi connectivity index (χ1n) is 8.87. The van der Waals surface area contributed by atoms with Gasteiger partial charge in [-0.2, -0.15) is 0 Å². The number of aromatic nitrogens is 1. The molecular weight excluding hydrogens is 404 g/mol. The summed E-state index contributed by atoms with van der Waals surface area (Å²) in [7, 11) is -3.91. The molecule has 4 rings (SSSR count). The van der Waals surface area contributed by atoms with Crippen LogP contribution in [0, 0.1) is 0 Å². The SMILES string of the molecule is NS(=O)(=O)c1ccccc1-c1nc(CSc2ccccc2)oc1-c1ccccc1. The first-order chi connectivity index (χ1) is 14.0. The largest absolute Gasteiger partial charge is 0.439 e. The molecule has 0 aliphatic heterocycles. The molecular formula is C22H18N2O3S2. The van der Waals surface area contributed by atoms with Crippen molar-refractivity contribution in [3.63, 3.8) is 0 Å². The van der Waals surface area contributed by atoms with Gasteiger partial charge in [0.2, 0.25) is 15.9 Å². The molecule has 3 aromatic carbocycles. The van der Waals surface area contributed by atoms with Crippen molar-refractivity contribution in [1.29, 1.82) is 0 Å². The van der Waals surface area contributed by atoms with Crippen molar-refractivity contribution < 1.29 is 12.8 Å². The molecule has 0 bridgehead atoms. The molecule has 0 spiro atoms. The Kier molecular flexibility index (Phi) is 5.53. The second kappa shape index (κ2) is 8.24. The van der Waals surface area contributed by atoms with E-state index in [-0.39, 0.29) is 4.90 Å². The van der Waals surface area contributed by atoms with Gasteiger partial charge in [-0.1, -0.05) is 66.7 Å². The molecule has 0 aliphatic rings. The van der Waals surface area contributed by atoms with Crippen molar-refractivity contribution in [2.45, 2.75) is 15.5 Å². The van der Waals surface area contributed by atoms with Crippen LogP contribution in [-0.2, 0) is 15.8 Å². The zero-order valence-corrected chi connectivity index (χ0v) is 17.0. The van der Waals surface area contributed by atoms with Crippen molar-refractivity contribution >= 4 is 21.8 Å². The lowest BCUT2D eigenvalue weighted by Gasteiger charge is -2.06. The van der Waals surface area contributed by atoms with Crippen LogP contribution >= 0.6 is 11.8 Å². The fourth-order valence-electron chi connectivity index (χ4n) is 2.97. The lowest BCUT2D eigenvalue weighted by molar-refractivity contribution is 0.530. The van der Waals surface area contributed by atoms with Crippen LogP contribution in [0.3, 0.4) is 0 Å². The molecule has 0 radical (unpaired) electrons. The van der Waals surface area contributed by atoms with Crippen molar-refractivity contribution in [1.82, 2.24) is 4.98 Å². The van der Waals surface area contributed by atoms with Crippen molar-refractivity contribution in [3.05, 3.63) is 90.8 Å². The average molecular weight is 423 g/mol. The van der Waals surface area contributed by atoms with Crippen LogP contribution in [0.1, 0.15) is 5.89 Å². The highest BCUT2D eigenvalue weighted by Crippen LogP contribution is 2.37. The quantitative estimate of drug-likeness (QED) is 0.444. The zero-order chi connectivity index (χ0) is 20.3. The van der Waals surface area contributed by atoms with Crippen LogP contribution in [0.25, 0.3) is 22.6 Å². The van der Waals surface area contributed by atoms with Crippen molar-refractivity contribution in [2.75, 3.05) is 0 Å². The van der Waals surface area contributed by atoms with Gasteiger partial charge in [0.15, 0.2) is 5.76 Å². The van der Waals surface area contributed by atoms with Gasteiger partial charge in [-0.3, -0.25) is 0 Å². The predicted octanol–water partition coefficient (Wildman–Crippen LogP) is 4.95. The molecule has 0 saturated heterocycles. The Hall–Kier alpha value is -2.87. The molecule has 0 fully saturated rings. The minimum atomic E-state index is -3.91. The summed E-state index contributed by atoms with van der Waals surface area (Å²) in [6, 6.07) is 26.0. The van der Waals surface area contributed by atoms with E-state index in [0.717, 1.165) is 10.5 Å². The van der Waals surface area contributed by atoms with Gasteiger partial charge in [-0.15, -0.1) is 11.8 Å². The third kappa shape index (κ3) is 4.42. The lowest BCUT2D eigenvalue weighted by Crippen LogP contribution is -2.13. The van der Waals surface area contributed by atoms with E-state index < -0.39 is 10.0 Å². The Morgan fingerprint density at radius 2 is 1.48 bits per heavy atom. The first-order valence-corrected chi connectivity index (χ1v) is 11.4. The van der Waals surface area contributed by atoms with Crippen molar-refractivity contribution in [2.24, 2.45) is 5.14 Å². The van der Waals surface area contributed by atoms with Gasteiger partial charge in [0.05, 0.1) is 10.6 Å². The number of nitrogens with zero attached hydrogens (tertiary/aromatic N) is 1. The minimum absolute atomic E-state index is 0.0211. The summed E-state index contributed by atoms with van der Waals surface area (Å²) in [6.45, 7) is 0. The third-order valence-corrected chi connectivity index (χ3v) is 6.23. The maximum absolute atomic E-state index is 12.1. The highest BCUT2D eigenvalue weighted by molar-refractivity contribution is 7.98. The van der Waals surface area contributed by atoms with Gasteiger partial charge in [0.1, 0.15) is 5.69 Å². The standard InChI is InChI=1S/C22H18N2O3S2/c23-29(25,26)19-14-8-7-13-18(19)21-22(16-9-3-1-4-10-16)27-20(24-21)15-28-17-11-5-2-6-12-17/h1-14H,15H2,(H2,23,25,26). The Bertz CT molecular complexity index is 1220. The van der Waals surface area contributed by atoms with E-state index in [1.54, 1.807) is 30.0 Å². The molecule has 0 aliphatic carbocycles. The van der Waals surface area contributed by atoms with Crippen LogP contribution in [0.15, 0.2) is 99.1 Å². The third-order valence-electron chi connectivity index (χ3n) is 4.26. The molecule has 0 atom stereocenters. The molecule has 5 nitrogen and oxygen atoms in total. The van der Waals surface area contributed by atoms with E-state index in [1.807, 2.05) is 60.7 Å². The normalized spacial score (nSPS) is 11.5. The molecule has 0 amide bonds. The molecule has 7 heteroatoms. The maximum Gasteiger partial charge on any atom is 0.238 e. The highest BCUT2D eigenvalue weighted by Gasteiger charge is 2.23. The summed E-state index contributed by atoms with van der Waals surface area (Å²) in [5, 5.41) is 5.43. The molecule has 29 heavy (non-hydrogen) atoms. The summed E-state index contributed by atoms with van der Waals surface area (Å²) < 4.78 is 30.3. The monoisotopic (exact) mass is 422 g/mol. The smallest absolute Gasteiger partial charge is 0.238 e. The molecule has 2 N–H and O–H groups in total. The number of hydrogen-bond acceptors (Lipinski definition) is 5. The van der Waals surface area contributed by atoms with E-state index in [0.29, 0.717) is 28.7 Å². The Labute approximate surface area is 173 Å². The van der Waals surface area contributed by atoms with E-state index in [9.17, 15) is 8.42 Å². The van der Waals surface area contributed by atoms with Crippen LogP contribution in [0.4, 0.5) is 0 Å². The van der Waals surface area contributed by atoms with Crippen LogP contribution < -0.4 is 5.14 Å². The molecule has 4 aromatic rings. The second-order valence-corrected chi connectivity index (χ2v) is 8.87. The summed E-state index contributed by atoms with van der Waals surface area (Å²) in [5.41, 5.74) is 1.70. The maximum atomic E-state index is 12.1. The molecule has 1 heterocycles. The van der Waals surface area contributed by atoms with Gasteiger partial charge in [0, 0.05) is 16.0 Å². The molecule has 146 valence electrons. The number of benzene rings is 3. The Morgan fingerprint density at radius 3 is 2.17 bits per heavy atom. The summed E-state index contributed by atoms with van der Waals surface area (Å²) in [5.74, 6) is 1.55. The van der Waals surface area contributed by atoms with Crippen LogP contribution in [-0.4, -0.2) is 13.4 Å². The molecule has 1 aromatic heterocycles. The topological polar surface area (TPSA) is 86.2 Å². The second-order valence-electron chi connectivity index (χ2n) is 6.29. The zero-order valence-electron chi connectivity index (χ0n) is 15.4. The van der Waals surface area contributed by atoms with E-state index >= 15 is 0 Å². The summed E-state index contributed by atoms with van der Waals surface area (Å²) in [4.78, 5) is 5.76. The van der Waals surface area contributed by atoms with Gasteiger partial charge >= 0.3 is 0 Å². The number of sulfonamides is 1. The fraction of sp³-hybridized carbons (Fsp3) is 0.0455. The van der Waals surface area contributed by atoms with Gasteiger partial charge in [-0.05, 0) is 18.2 Å². The van der Waals surface area contributed by atoms with Crippen LogP contribution in [0.5, 0.6) is 0 Å². The average Bonchev–Trinajstić information content (AvgIpc) is 3.17. The van der Waals surface area contributed by atoms with Crippen molar-refractivity contribution in [3.8, 4) is 22.6 Å². The van der Waals surface area contributed by atoms with E-state index in [2.05, 4.69) is 4.98 Å². The summed E-state index contributed by atoms with van der Waals surface area (Å²) in [6.07, 6.45) is 0. The number of hydrogen-bond donors (Lipinski definition) is 1.